The minimum absolute atomic E-state index is 0.0515. The summed E-state index contributed by atoms with van der Waals surface area (Å²) in [5.41, 5.74) is 0.392. The number of carbonyl (C=O) groups excluding carboxylic acids is 3. The molecule has 1 spiro atoms. The number of hydrogen-bond donors (Lipinski definition) is 2. The molecule has 3 atom stereocenters. The first-order chi connectivity index (χ1) is 20.0. The number of hydrogen-bond acceptors (Lipinski definition) is 7. The van der Waals surface area contributed by atoms with Crippen molar-refractivity contribution in [1.82, 2.24) is 20.7 Å². The van der Waals surface area contributed by atoms with Crippen LogP contribution in [0, 0.1) is 11.3 Å². The van der Waals surface area contributed by atoms with Crippen molar-refractivity contribution in [3.8, 4) is 5.88 Å². The molecule has 0 saturated carbocycles. The molecule has 0 unspecified atom stereocenters. The zero-order valence-corrected chi connectivity index (χ0v) is 23.7. The molecule has 3 aliphatic heterocycles. The van der Waals surface area contributed by atoms with Gasteiger partial charge < -0.3 is 29.5 Å². The molecule has 3 amide bonds. The number of likely N-dealkylation sites (tertiary alicyclic amines) is 1. The van der Waals surface area contributed by atoms with Gasteiger partial charge in [-0.25, -0.2) is 0 Å². The minimum Gasteiger partial charge on any atom is -0.479 e. The van der Waals surface area contributed by atoms with E-state index in [1.807, 2.05) is 35.2 Å². The molecule has 41 heavy (non-hydrogen) atoms. The summed E-state index contributed by atoms with van der Waals surface area (Å²) in [6.07, 6.45) is 8.60. The number of rotatable bonds is 6. The maximum absolute atomic E-state index is 13.7. The fourth-order valence-electron chi connectivity index (χ4n) is 6.10. The van der Waals surface area contributed by atoms with Gasteiger partial charge in [0.25, 0.3) is 5.88 Å². The van der Waals surface area contributed by atoms with Gasteiger partial charge in [-0.1, -0.05) is 42.5 Å². The number of nitrogens with zero attached hydrogens (tertiary/aromatic N) is 2. The van der Waals surface area contributed by atoms with Crippen molar-refractivity contribution in [2.24, 2.45) is 11.3 Å². The molecule has 0 aliphatic carbocycles. The normalized spacial score (nSPS) is 25.7. The van der Waals surface area contributed by atoms with E-state index >= 15 is 0 Å². The van der Waals surface area contributed by atoms with Crippen LogP contribution in [0.4, 0.5) is 0 Å². The highest BCUT2D eigenvalue weighted by atomic mass is 16.5. The van der Waals surface area contributed by atoms with Crippen LogP contribution in [0.3, 0.4) is 0 Å². The van der Waals surface area contributed by atoms with E-state index in [0.29, 0.717) is 89.3 Å². The Morgan fingerprint density at radius 2 is 1.95 bits per heavy atom. The Morgan fingerprint density at radius 1 is 1.15 bits per heavy atom. The van der Waals surface area contributed by atoms with Gasteiger partial charge in [0, 0.05) is 63.6 Å². The Morgan fingerprint density at radius 3 is 2.71 bits per heavy atom. The van der Waals surface area contributed by atoms with Crippen LogP contribution in [-0.2, 0) is 32.0 Å². The van der Waals surface area contributed by atoms with E-state index in [9.17, 15) is 14.4 Å². The third-order valence-electron chi connectivity index (χ3n) is 8.70. The van der Waals surface area contributed by atoms with E-state index in [0.717, 1.165) is 5.56 Å². The fourth-order valence-corrected chi connectivity index (χ4v) is 6.10. The van der Waals surface area contributed by atoms with Crippen molar-refractivity contribution in [2.45, 2.75) is 63.5 Å². The van der Waals surface area contributed by atoms with E-state index < -0.39 is 11.5 Å². The molecular weight excluding hydrogens is 524 g/mol. The lowest BCUT2D eigenvalue weighted by Gasteiger charge is -2.40. The number of aryl methyl sites for hydroxylation is 1. The van der Waals surface area contributed by atoms with Gasteiger partial charge in [0.05, 0.1) is 12.5 Å². The van der Waals surface area contributed by atoms with Crippen LogP contribution >= 0.6 is 0 Å². The Kier molecular flexibility index (Phi) is 9.38. The summed E-state index contributed by atoms with van der Waals surface area (Å²) in [5, 5.41) is 10.2. The second-order valence-electron chi connectivity index (χ2n) is 11.4. The molecule has 3 aliphatic rings. The second kappa shape index (κ2) is 13.3. The highest BCUT2D eigenvalue weighted by Crippen LogP contribution is 2.36. The van der Waals surface area contributed by atoms with Gasteiger partial charge in [-0.05, 0) is 42.8 Å². The van der Waals surface area contributed by atoms with Gasteiger partial charge in [-0.2, -0.15) is 0 Å². The Bertz CT molecular complexity index is 1220. The van der Waals surface area contributed by atoms with E-state index in [1.165, 1.54) is 7.11 Å². The predicted octanol–water partition coefficient (Wildman–Crippen LogP) is 2.82. The highest BCUT2D eigenvalue weighted by molar-refractivity contribution is 5.90. The minimum atomic E-state index is -0.688. The van der Waals surface area contributed by atoms with Crippen molar-refractivity contribution < 1.29 is 28.4 Å². The van der Waals surface area contributed by atoms with Crippen LogP contribution < -0.4 is 15.4 Å². The number of benzene rings is 1. The first-order valence-electron chi connectivity index (χ1n) is 14.6. The molecule has 4 heterocycles. The van der Waals surface area contributed by atoms with E-state index in [1.54, 1.807) is 6.07 Å². The van der Waals surface area contributed by atoms with Gasteiger partial charge in [0.15, 0.2) is 0 Å². The van der Waals surface area contributed by atoms with Gasteiger partial charge in [-0.15, -0.1) is 0 Å². The van der Waals surface area contributed by atoms with Gasteiger partial charge in [-0.3, -0.25) is 14.4 Å². The fraction of sp³-hybridized carbons (Fsp3) is 0.548. The zero-order chi connectivity index (χ0) is 28.7. The third-order valence-corrected chi connectivity index (χ3v) is 8.70. The van der Waals surface area contributed by atoms with Gasteiger partial charge in [0.1, 0.15) is 11.8 Å². The van der Waals surface area contributed by atoms with Crippen LogP contribution in [0.5, 0.6) is 5.88 Å². The largest absolute Gasteiger partial charge is 0.479 e. The predicted molar refractivity (Wildman–Crippen MR) is 151 cm³/mol. The molecule has 2 aromatic rings. The molecule has 0 radical (unpaired) electrons. The van der Waals surface area contributed by atoms with Crippen molar-refractivity contribution in [2.75, 3.05) is 33.4 Å². The van der Waals surface area contributed by atoms with Crippen molar-refractivity contribution in [1.29, 1.82) is 0 Å². The number of amides is 3. The smallest absolute Gasteiger partial charge is 0.254 e. The Balaban J connectivity index is 1.31. The standard InChI is InChI=1S/C31H40N4O6/c1-39-27-20-24(41-34-27)10-11-28(36)35-16-12-25-23(21-35)9-5-6-13-31(14-17-40-18-15-31)30(38)33-26(29(37)32-25)19-22-7-3-2-4-8-22/h2-8,20,23,25-26H,9-19,21H2,1H3,(H,32,37)(H,33,38)/b6-5+/t23-,25+,26-/m1/s1. The monoisotopic (exact) mass is 564 g/mol. The number of methoxy groups -OCH3 is 1. The average Bonchev–Trinajstić information content (AvgIpc) is 3.47. The van der Waals surface area contributed by atoms with Crippen LogP contribution in [0.25, 0.3) is 0 Å². The maximum Gasteiger partial charge on any atom is 0.254 e. The number of fused-ring (bicyclic) bond motifs is 1. The molecule has 2 fully saturated rings. The van der Waals surface area contributed by atoms with E-state index in [4.69, 9.17) is 14.0 Å². The summed E-state index contributed by atoms with van der Waals surface area (Å²) in [5.74, 6) is 0.867. The molecular formula is C31H40N4O6. The molecule has 2 N–H and O–H groups in total. The average molecular weight is 565 g/mol. The first kappa shape index (κ1) is 28.9. The van der Waals surface area contributed by atoms with Crippen molar-refractivity contribution >= 4 is 17.7 Å². The molecule has 220 valence electrons. The van der Waals surface area contributed by atoms with Gasteiger partial charge >= 0.3 is 0 Å². The summed E-state index contributed by atoms with van der Waals surface area (Å²) in [6, 6.07) is 10.7. The number of carbonyl (C=O) groups is 3. The molecule has 0 bridgehead atoms. The second-order valence-corrected chi connectivity index (χ2v) is 11.4. The molecule has 2 saturated heterocycles. The molecule has 10 nitrogen and oxygen atoms in total. The number of ether oxygens (including phenoxy) is 2. The van der Waals surface area contributed by atoms with Crippen molar-refractivity contribution in [3.63, 3.8) is 0 Å². The third kappa shape index (κ3) is 7.16. The summed E-state index contributed by atoms with van der Waals surface area (Å²) in [4.78, 5) is 42.4. The first-order valence-corrected chi connectivity index (χ1v) is 14.6. The molecule has 5 rings (SSSR count). The van der Waals surface area contributed by atoms with Gasteiger partial charge in [0.2, 0.25) is 17.7 Å². The quantitative estimate of drug-likeness (QED) is 0.518. The lowest BCUT2D eigenvalue weighted by molar-refractivity contribution is -0.140. The number of allylic oxidation sites excluding steroid dienone is 2. The highest BCUT2D eigenvalue weighted by Gasteiger charge is 2.41. The Labute approximate surface area is 240 Å². The SMILES string of the molecule is COc1cc(CCC(=O)N2CC[C@@H]3NC(=O)[C@@H](Cc4ccccc4)NC(=O)C4(C/C=C/C[C@@H]3C2)CCOCC4)on1. The Hall–Kier alpha value is -3.66. The summed E-state index contributed by atoms with van der Waals surface area (Å²) >= 11 is 0. The number of nitrogens with one attached hydrogen (secondary N) is 2. The van der Waals surface area contributed by atoms with Crippen LogP contribution in [0.2, 0.25) is 0 Å². The molecule has 1 aromatic heterocycles. The number of aromatic nitrogens is 1. The van der Waals surface area contributed by atoms with E-state index in [2.05, 4.69) is 27.9 Å². The van der Waals surface area contributed by atoms with Crippen LogP contribution in [-0.4, -0.2) is 73.3 Å². The van der Waals surface area contributed by atoms with Crippen LogP contribution in [0.15, 0.2) is 53.1 Å². The maximum atomic E-state index is 13.7. The topological polar surface area (TPSA) is 123 Å². The van der Waals surface area contributed by atoms with E-state index in [-0.39, 0.29) is 29.7 Å². The summed E-state index contributed by atoms with van der Waals surface area (Å²) in [7, 11) is 1.52. The molecule has 1 aromatic carbocycles. The van der Waals surface area contributed by atoms with Crippen molar-refractivity contribution in [3.05, 3.63) is 59.9 Å². The molecule has 10 heteroatoms. The zero-order valence-electron chi connectivity index (χ0n) is 23.7. The lowest BCUT2D eigenvalue weighted by Crippen LogP contribution is -2.58. The lowest BCUT2D eigenvalue weighted by atomic mass is 9.75. The number of piperidine rings is 1. The van der Waals surface area contributed by atoms with Crippen LogP contribution in [0.1, 0.15) is 49.8 Å². The summed E-state index contributed by atoms with van der Waals surface area (Å²) < 4.78 is 15.9. The summed E-state index contributed by atoms with van der Waals surface area (Å²) in [6.45, 7) is 2.17.